The van der Waals surface area contributed by atoms with Gasteiger partial charge < -0.3 is 15.4 Å². The van der Waals surface area contributed by atoms with Crippen LogP contribution in [-0.4, -0.2) is 29.9 Å². The van der Waals surface area contributed by atoms with Gasteiger partial charge in [-0.05, 0) is 29.8 Å². The van der Waals surface area contributed by atoms with Crippen molar-refractivity contribution in [2.75, 3.05) is 19.9 Å². The number of hydrogen-bond donors (Lipinski definition) is 1. The second-order valence-corrected chi connectivity index (χ2v) is 4.44. The number of nitrogens with zero attached hydrogens (tertiary/aromatic N) is 2. The van der Waals surface area contributed by atoms with Gasteiger partial charge in [0.15, 0.2) is 0 Å². The van der Waals surface area contributed by atoms with E-state index in [-0.39, 0.29) is 5.91 Å². The molecule has 20 heavy (non-hydrogen) atoms. The Bertz CT molecular complexity index is 599. The predicted molar refractivity (Wildman–Crippen MR) is 77.4 cm³/mol. The van der Waals surface area contributed by atoms with Crippen LogP contribution in [0.4, 0.5) is 5.69 Å². The molecule has 0 saturated heterocycles. The molecule has 0 aliphatic rings. The average molecular weight is 271 g/mol. The van der Waals surface area contributed by atoms with Crippen LogP contribution < -0.4 is 10.5 Å². The van der Waals surface area contributed by atoms with Crippen LogP contribution in [-0.2, 0) is 6.54 Å². The van der Waals surface area contributed by atoms with Gasteiger partial charge in [-0.3, -0.25) is 9.78 Å². The first-order valence-corrected chi connectivity index (χ1v) is 6.20. The van der Waals surface area contributed by atoms with E-state index < -0.39 is 0 Å². The van der Waals surface area contributed by atoms with E-state index in [0.29, 0.717) is 23.5 Å². The molecule has 0 fully saturated rings. The number of nitrogens with two attached hydrogens (primary N) is 1. The third-order valence-electron chi connectivity index (χ3n) is 3.01. The number of carbonyl (C=O) groups excluding carboxylic acids is 1. The first-order chi connectivity index (χ1) is 9.63. The van der Waals surface area contributed by atoms with Gasteiger partial charge in [-0.1, -0.05) is 6.07 Å². The molecule has 0 bridgehead atoms. The SMILES string of the molecule is COc1cccc(N)c1C(=O)N(C)Cc1ccncc1. The first-order valence-electron chi connectivity index (χ1n) is 6.20. The molecular weight excluding hydrogens is 254 g/mol. The highest BCUT2D eigenvalue weighted by molar-refractivity contribution is 6.01. The third-order valence-corrected chi connectivity index (χ3v) is 3.01. The number of aromatic nitrogens is 1. The molecule has 0 atom stereocenters. The van der Waals surface area contributed by atoms with E-state index in [4.69, 9.17) is 10.5 Å². The largest absolute Gasteiger partial charge is 0.496 e. The van der Waals surface area contributed by atoms with Crippen molar-refractivity contribution in [1.82, 2.24) is 9.88 Å². The minimum Gasteiger partial charge on any atom is -0.496 e. The van der Waals surface area contributed by atoms with Gasteiger partial charge in [0, 0.05) is 31.7 Å². The van der Waals surface area contributed by atoms with Gasteiger partial charge in [0.2, 0.25) is 0 Å². The number of ether oxygens (including phenoxy) is 1. The van der Waals surface area contributed by atoms with E-state index in [0.717, 1.165) is 5.56 Å². The maximum absolute atomic E-state index is 12.5. The summed E-state index contributed by atoms with van der Waals surface area (Å²) in [7, 11) is 3.25. The number of amides is 1. The molecule has 5 nitrogen and oxygen atoms in total. The Morgan fingerprint density at radius 3 is 2.65 bits per heavy atom. The summed E-state index contributed by atoms with van der Waals surface area (Å²) in [6.07, 6.45) is 3.40. The van der Waals surface area contributed by atoms with Crippen molar-refractivity contribution < 1.29 is 9.53 Å². The molecule has 2 aromatic rings. The molecule has 5 heteroatoms. The Hall–Kier alpha value is -2.56. The second kappa shape index (κ2) is 6.06. The van der Waals surface area contributed by atoms with Crippen LogP contribution in [0.25, 0.3) is 0 Å². The van der Waals surface area contributed by atoms with Crippen molar-refractivity contribution >= 4 is 11.6 Å². The molecule has 104 valence electrons. The quantitative estimate of drug-likeness (QED) is 0.863. The van der Waals surface area contributed by atoms with Crippen molar-refractivity contribution in [3.63, 3.8) is 0 Å². The molecule has 1 amide bonds. The fourth-order valence-electron chi connectivity index (χ4n) is 1.97. The zero-order valence-corrected chi connectivity index (χ0v) is 11.5. The number of benzene rings is 1. The molecule has 0 saturated carbocycles. The average Bonchev–Trinajstić information content (AvgIpc) is 2.47. The van der Waals surface area contributed by atoms with Crippen LogP contribution in [0.1, 0.15) is 15.9 Å². The number of carbonyl (C=O) groups is 1. The highest BCUT2D eigenvalue weighted by Gasteiger charge is 2.19. The number of nitrogen functional groups attached to an aromatic ring is 1. The molecule has 0 radical (unpaired) electrons. The molecular formula is C15H17N3O2. The van der Waals surface area contributed by atoms with Crippen molar-refractivity contribution in [2.45, 2.75) is 6.54 Å². The molecule has 2 rings (SSSR count). The minimum absolute atomic E-state index is 0.170. The van der Waals surface area contributed by atoms with E-state index in [1.165, 1.54) is 7.11 Å². The van der Waals surface area contributed by atoms with E-state index in [1.807, 2.05) is 12.1 Å². The topological polar surface area (TPSA) is 68.5 Å². The Morgan fingerprint density at radius 2 is 2.00 bits per heavy atom. The van der Waals surface area contributed by atoms with E-state index >= 15 is 0 Å². The zero-order chi connectivity index (χ0) is 14.5. The molecule has 0 aliphatic carbocycles. The molecule has 1 aromatic carbocycles. The predicted octanol–water partition coefficient (Wildman–Crippen LogP) is 1.94. The van der Waals surface area contributed by atoms with Crippen molar-refractivity contribution in [3.8, 4) is 5.75 Å². The minimum atomic E-state index is -0.170. The van der Waals surface area contributed by atoms with Crippen LogP contribution in [0.15, 0.2) is 42.7 Å². The van der Waals surface area contributed by atoms with E-state index in [1.54, 1.807) is 42.5 Å². The zero-order valence-electron chi connectivity index (χ0n) is 11.5. The summed E-state index contributed by atoms with van der Waals surface area (Å²) < 4.78 is 5.21. The summed E-state index contributed by atoms with van der Waals surface area (Å²) in [6.45, 7) is 0.485. The lowest BCUT2D eigenvalue weighted by atomic mass is 10.1. The van der Waals surface area contributed by atoms with Gasteiger partial charge in [-0.25, -0.2) is 0 Å². The molecule has 2 N–H and O–H groups in total. The summed E-state index contributed by atoms with van der Waals surface area (Å²) in [4.78, 5) is 18.1. The third kappa shape index (κ3) is 2.88. The van der Waals surface area contributed by atoms with Crippen LogP contribution >= 0.6 is 0 Å². The maximum Gasteiger partial charge on any atom is 0.259 e. The van der Waals surface area contributed by atoms with Crippen molar-refractivity contribution in [2.24, 2.45) is 0 Å². The highest BCUT2D eigenvalue weighted by Crippen LogP contribution is 2.25. The summed E-state index contributed by atoms with van der Waals surface area (Å²) in [5, 5.41) is 0. The van der Waals surface area contributed by atoms with Crippen LogP contribution in [0.3, 0.4) is 0 Å². The Kier molecular flexibility index (Phi) is 4.20. The Morgan fingerprint density at radius 1 is 1.30 bits per heavy atom. The Labute approximate surface area is 118 Å². The van der Waals surface area contributed by atoms with Crippen LogP contribution in [0.2, 0.25) is 0 Å². The second-order valence-electron chi connectivity index (χ2n) is 4.44. The maximum atomic E-state index is 12.5. The van der Waals surface area contributed by atoms with E-state index in [2.05, 4.69) is 4.98 Å². The van der Waals surface area contributed by atoms with Gasteiger partial charge in [-0.2, -0.15) is 0 Å². The number of hydrogen-bond acceptors (Lipinski definition) is 4. The molecule has 0 aliphatic heterocycles. The van der Waals surface area contributed by atoms with Gasteiger partial charge >= 0.3 is 0 Å². The smallest absolute Gasteiger partial charge is 0.259 e. The fraction of sp³-hybridized carbons (Fsp3) is 0.200. The van der Waals surface area contributed by atoms with Gasteiger partial charge in [0.25, 0.3) is 5.91 Å². The van der Waals surface area contributed by atoms with Gasteiger partial charge in [0.1, 0.15) is 11.3 Å². The van der Waals surface area contributed by atoms with Crippen molar-refractivity contribution in [3.05, 3.63) is 53.9 Å². The van der Waals surface area contributed by atoms with Crippen LogP contribution in [0, 0.1) is 0 Å². The lowest BCUT2D eigenvalue weighted by molar-refractivity contribution is 0.0783. The standard InChI is InChI=1S/C15H17N3O2/c1-18(10-11-6-8-17-9-7-11)15(19)14-12(16)4-3-5-13(14)20-2/h3-9H,10,16H2,1-2H3. The molecule has 1 heterocycles. The summed E-state index contributed by atoms with van der Waals surface area (Å²) >= 11 is 0. The number of methoxy groups -OCH3 is 1. The first kappa shape index (κ1) is 13.9. The monoisotopic (exact) mass is 271 g/mol. The lowest BCUT2D eigenvalue weighted by Gasteiger charge is -2.19. The lowest BCUT2D eigenvalue weighted by Crippen LogP contribution is -2.27. The summed E-state index contributed by atoms with van der Waals surface area (Å²) in [6, 6.07) is 8.92. The Balaban J connectivity index is 2.23. The molecule has 1 aromatic heterocycles. The number of pyridine rings is 1. The summed E-state index contributed by atoms with van der Waals surface area (Å²) in [5.41, 5.74) is 7.70. The van der Waals surface area contributed by atoms with Gasteiger partial charge in [-0.15, -0.1) is 0 Å². The normalized spacial score (nSPS) is 10.1. The molecule has 0 spiro atoms. The summed E-state index contributed by atoms with van der Waals surface area (Å²) in [5.74, 6) is 0.313. The fourth-order valence-corrected chi connectivity index (χ4v) is 1.97. The van der Waals surface area contributed by atoms with Crippen molar-refractivity contribution in [1.29, 1.82) is 0 Å². The highest BCUT2D eigenvalue weighted by atomic mass is 16.5. The van der Waals surface area contributed by atoms with Crippen LogP contribution in [0.5, 0.6) is 5.75 Å². The number of rotatable bonds is 4. The van der Waals surface area contributed by atoms with E-state index in [9.17, 15) is 4.79 Å². The molecule has 0 unspecified atom stereocenters. The van der Waals surface area contributed by atoms with Gasteiger partial charge in [0.05, 0.1) is 7.11 Å². The number of anilines is 1.